The molecule has 2 aliphatic heterocycles. The zero-order valence-corrected chi connectivity index (χ0v) is 14.2. The van der Waals surface area contributed by atoms with Gasteiger partial charge in [0.25, 0.3) is 0 Å². The molecule has 0 saturated carbocycles. The van der Waals surface area contributed by atoms with Crippen LogP contribution in [0.1, 0.15) is 13.8 Å². The largest absolute Gasteiger partial charge is 0.378 e. The van der Waals surface area contributed by atoms with Gasteiger partial charge in [-0.25, -0.2) is 0 Å². The summed E-state index contributed by atoms with van der Waals surface area (Å²) in [6.07, 6.45) is 7.73. The van der Waals surface area contributed by atoms with Crippen molar-refractivity contribution in [2.45, 2.75) is 26.1 Å². The van der Waals surface area contributed by atoms with E-state index in [1.807, 2.05) is 12.2 Å². The Kier molecular flexibility index (Phi) is 12.3. The quantitative estimate of drug-likeness (QED) is 0.322. The number of epoxide rings is 2. The zero-order valence-electron chi connectivity index (χ0n) is 11.3. The summed E-state index contributed by atoms with van der Waals surface area (Å²) in [5.41, 5.74) is 0. The molecule has 2 rings (SSSR count). The van der Waals surface area contributed by atoms with Crippen molar-refractivity contribution in [1.82, 2.24) is 0 Å². The van der Waals surface area contributed by atoms with Crippen LogP contribution in [0.2, 0.25) is 0 Å². The monoisotopic (exact) mass is 359 g/mol. The molecule has 4 nitrogen and oxygen atoms in total. The van der Waals surface area contributed by atoms with Crippen LogP contribution in [0.15, 0.2) is 24.8 Å². The maximum absolute atomic E-state index is 5.55. The molecular weight excluding hydrogens is 333 g/mol. The molecule has 0 N–H and O–H groups in total. The minimum absolute atomic E-state index is 0. The van der Waals surface area contributed by atoms with Crippen molar-refractivity contribution >= 4 is 0 Å². The van der Waals surface area contributed by atoms with Crippen LogP contribution in [0.25, 0.3) is 0 Å². The summed E-state index contributed by atoms with van der Waals surface area (Å²) >= 11 is 0. The average molecular weight is 359 g/mol. The van der Waals surface area contributed by atoms with Gasteiger partial charge < -0.3 is 18.9 Å². The molecule has 2 heterocycles. The molecule has 0 aromatic carbocycles. The topological polar surface area (TPSA) is 43.5 Å². The number of ether oxygens (including phenoxy) is 4. The second-order valence-corrected chi connectivity index (χ2v) is 4.69. The normalized spacial score (nSPS) is 24.6. The minimum Gasteiger partial charge on any atom is -0.378 e. The van der Waals surface area contributed by atoms with Gasteiger partial charge in [-0.1, -0.05) is 25.7 Å². The predicted molar refractivity (Wildman–Crippen MR) is 75.3 cm³/mol. The summed E-state index contributed by atoms with van der Waals surface area (Å²) < 4.78 is 21.1. The Bertz CT molecular complexity index is 275. The molecule has 0 aromatic heterocycles. The van der Waals surface area contributed by atoms with Crippen molar-refractivity contribution in [3.63, 3.8) is 0 Å². The van der Waals surface area contributed by atoms with E-state index in [4.69, 9.17) is 18.9 Å². The van der Waals surface area contributed by atoms with Gasteiger partial charge in [0.2, 0.25) is 0 Å². The van der Waals surface area contributed by atoms with Gasteiger partial charge in [-0.15, -0.1) is 6.58 Å². The van der Waals surface area contributed by atoms with Gasteiger partial charge >= 0.3 is 0 Å². The Hall–Kier alpha value is 0.424. The summed E-state index contributed by atoms with van der Waals surface area (Å²) in [5, 5.41) is 0. The Labute approximate surface area is 147 Å². The van der Waals surface area contributed by atoms with E-state index in [9.17, 15) is 0 Å². The summed E-state index contributed by atoms with van der Waals surface area (Å²) in [6.45, 7) is 8.31. The van der Waals surface area contributed by atoms with E-state index in [1.165, 1.54) is 0 Å². The molecule has 20 heavy (non-hydrogen) atoms. The molecule has 3 atom stereocenters. The molecule has 0 spiro atoms. The summed E-state index contributed by atoms with van der Waals surface area (Å²) in [7, 11) is 0. The van der Waals surface area contributed by atoms with Crippen LogP contribution in [0.5, 0.6) is 0 Å². The SMILES string of the molecule is C.C=CC(CC=CCOCC1CO1)COCC1CO1.[Y]. The van der Waals surface area contributed by atoms with Crippen LogP contribution in [0.4, 0.5) is 0 Å². The Morgan fingerprint density at radius 2 is 1.70 bits per heavy atom. The van der Waals surface area contributed by atoms with Crippen LogP contribution in [-0.4, -0.2) is 51.8 Å². The van der Waals surface area contributed by atoms with Gasteiger partial charge in [0.1, 0.15) is 12.2 Å². The molecule has 2 fully saturated rings. The molecule has 2 saturated heterocycles. The maximum atomic E-state index is 5.55. The van der Waals surface area contributed by atoms with E-state index in [0.29, 0.717) is 44.6 Å². The molecule has 0 bridgehead atoms. The first kappa shape index (κ1) is 20.4. The standard InChI is InChI=1S/C14H22O4.CH4.Y/c1-2-12(7-16-9-14-11-18-14)5-3-4-6-15-8-13-10-17-13;;/h2-4,12-14H,1,5-11H2;1H4;. The van der Waals surface area contributed by atoms with Gasteiger partial charge in [0.05, 0.1) is 39.6 Å². The molecule has 3 unspecified atom stereocenters. The minimum atomic E-state index is 0. The van der Waals surface area contributed by atoms with Gasteiger partial charge in [-0.3, -0.25) is 0 Å². The Morgan fingerprint density at radius 3 is 2.25 bits per heavy atom. The van der Waals surface area contributed by atoms with E-state index >= 15 is 0 Å². The number of hydrogen-bond acceptors (Lipinski definition) is 4. The van der Waals surface area contributed by atoms with Crippen LogP contribution < -0.4 is 0 Å². The van der Waals surface area contributed by atoms with Crippen LogP contribution in [0, 0.1) is 5.92 Å². The molecular formula is C15H26O4Y. The summed E-state index contributed by atoms with van der Waals surface area (Å²) in [5.74, 6) is 0.367. The maximum Gasteiger partial charge on any atom is 0.104 e. The molecule has 2 aliphatic rings. The van der Waals surface area contributed by atoms with Crippen molar-refractivity contribution in [3.05, 3.63) is 24.8 Å². The van der Waals surface area contributed by atoms with Crippen LogP contribution in [-0.2, 0) is 51.7 Å². The fraction of sp³-hybridized carbons (Fsp3) is 0.733. The van der Waals surface area contributed by atoms with Crippen LogP contribution >= 0.6 is 0 Å². The molecule has 0 aromatic rings. The third-order valence-corrected chi connectivity index (χ3v) is 2.90. The van der Waals surface area contributed by atoms with Crippen molar-refractivity contribution in [1.29, 1.82) is 0 Å². The van der Waals surface area contributed by atoms with E-state index in [2.05, 4.69) is 12.7 Å². The second kappa shape index (κ2) is 12.0. The first-order valence-corrected chi connectivity index (χ1v) is 6.54. The summed E-state index contributed by atoms with van der Waals surface area (Å²) in [6, 6.07) is 0. The third-order valence-electron chi connectivity index (χ3n) is 2.90. The fourth-order valence-electron chi connectivity index (χ4n) is 1.52. The first-order valence-electron chi connectivity index (χ1n) is 6.54. The van der Waals surface area contributed by atoms with E-state index in [-0.39, 0.29) is 40.1 Å². The second-order valence-electron chi connectivity index (χ2n) is 4.69. The van der Waals surface area contributed by atoms with Gasteiger partial charge in [0, 0.05) is 38.6 Å². The number of rotatable bonds is 11. The van der Waals surface area contributed by atoms with E-state index in [0.717, 1.165) is 19.6 Å². The molecule has 1 radical (unpaired) electrons. The zero-order chi connectivity index (χ0) is 12.6. The molecule has 113 valence electrons. The van der Waals surface area contributed by atoms with E-state index in [1.54, 1.807) is 0 Å². The van der Waals surface area contributed by atoms with Crippen molar-refractivity contribution < 1.29 is 51.7 Å². The fourth-order valence-corrected chi connectivity index (χ4v) is 1.52. The number of hydrogen-bond donors (Lipinski definition) is 0. The Balaban J connectivity index is 0.00000180. The van der Waals surface area contributed by atoms with Gasteiger partial charge in [0.15, 0.2) is 0 Å². The van der Waals surface area contributed by atoms with Crippen molar-refractivity contribution in [2.75, 3.05) is 39.6 Å². The Morgan fingerprint density at radius 1 is 1.10 bits per heavy atom. The molecule has 0 aliphatic carbocycles. The number of allylic oxidation sites excluding steroid dienone is 1. The molecule has 5 heteroatoms. The molecule has 0 amide bonds. The van der Waals surface area contributed by atoms with Crippen molar-refractivity contribution in [3.8, 4) is 0 Å². The van der Waals surface area contributed by atoms with Gasteiger partial charge in [-0.2, -0.15) is 0 Å². The smallest absolute Gasteiger partial charge is 0.104 e. The third kappa shape index (κ3) is 10.2. The van der Waals surface area contributed by atoms with Gasteiger partial charge in [-0.05, 0) is 6.42 Å². The first-order chi connectivity index (χ1) is 8.88. The van der Waals surface area contributed by atoms with Crippen LogP contribution in [0.3, 0.4) is 0 Å². The average Bonchev–Trinajstić information content (AvgIpc) is 3.25. The summed E-state index contributed by atoms with van der Waals surface area (Å²) in [4.78, 5) is 0. The van der Waals surface area contributed by atoms with E-state index < -0.39 is 0 Å². The predicted octanol–water partition coefficient (Wildman–Crippen LogP) is 2.20. The van der Waals surface area contributed by atoms with Crippen molar-refractivity contribution in [2.24, 2.45) is 5.92 Å².